The number of fused-ring (bicyclic) bond motifs is 1. The predicted molar refractivity (Wildman–Crippen MR) is 147 cm³/mol. The average molecular weight is 551 g/mol. The first-order valence-corrected chi connectivity index (χ1v) is 16.6. The number of benzene rings is 2. The molecule has 168 valence electrons. The second kappa shape index (κ2) is 10.0. The number of rotatable bonds is 7. The Balaban J connectivity index is 1.51. The van der Waals surface area contributed by atoms with Crippen LogP contribution in [0.3, 0.4) is 0 Å². The summed E-state index contributed by atoms with van der Waals surface area (Å²) in [6.45, 7) is 5.11. The van der Waals surface area contributed by atoms with Crippen LogP contribution in [-0.4, -0.2) is 32.3 Å². The summed E-state index contributed by atoms with van der Waals surface area (Å²) < 4.78 is 18.6. The number of alkyl halides is 4. The first-order valence-electron chi connectivity index (χ1n) is 11.5. The van der Waals surface area contributed by atoms with Gasteiger partial charge >= 0.3 is 172 Å². The van der Waals surface area contributed by atoms with Crippen LogP contribution in [0.25, 0.3) is 11.1 Å². The molecule has 1 heterocycles. The topological polar surface area (TPSA) is 12.0 Å². The molecule has 1 aliphatic carbocycles. The molecule has 31 heavy (non-hydrogen) atoms. The van der Waals surface area contributed by atoms with Crippen molar-refractivity contribution in [3.05, 3.63) is 70.3 Å². The number of hydrogen-bond donors (Lipinski definition) is 1. The fourth-order valence-electron chi connectivity index (χ4n) is 4.98. The molecule has 0 bridgehead atoms. The van der Waals surface area contributed by atoms with E-state index in [0.717, 1.165) is 17.9 Å². The summed E-state index contributed by atoms with van der Waals surface area (Å²) in [5, 5.41) is 2.08. The van der Waals surface area contributed by atoms with E-state index in [1.807, 2.05) is 6.07 Å². The summed E-state index contributed by atoms with van der Waals surface area (Å²) in [6.07, 6.45) is 4.20. The van der Waals surface area contributed by atoms with E-state index < -0.39 is 25.2 Å². The van der Waals surface area contributed by atoms with Gasteiger partial charge in [0.1, 0.15) is 5.41 Å². The molecule has 4 rings (SSSR count). The number of hydrogen-bond acceptors (Lipinski definition) is 1. The van der Waals surface area contributed by atoms with Crippen LogP contribution >= 0.6 is 29.1 Å². The van der Waals surface area contributed by atoms with Crippen LogP contribution in [-0.2, 0) is 12.8 Å². The molecule has 0 spiro atoms. The van der Waals surface area contributed by atoms with Gasteiger partial charge in [0.15, 0.2) is 0 Å². The van der Waals surface area contributed by atoms with Gasteiger partial charge in [-0.1, -0.05) is 9.24 Å². The van der Waals surface area contributed by atoms with Crippen molar-refractivity contribution < 1.29 is 4.39 Å². The Hall–Kier alpha value is -0.770. The Morgan fingerprint density at radius 3 is 2.65 bits per heavy atom. The Morgan fingerprint density at radius 1 is 1.16 bits per heavy atom. The molecular formula is C27H36FINP. The zero-order valence-electron chi connectivity index (χ0n) is 19.1. The molecule has 4 heteroatoms. The van der Waals surface area contributed by atoms with Crippen molar-refractivity contribution in [1.82, 2.24) is 5.32 Å². The van der Waals surface area contributed by atoms with Crippen LogP contribution in [0.2, 0.25) is 0 Å². The summed E-state index contributed by atoms with van der Waals surface area (Å²) in [5.74, 6) is 0.748. The Bertz CT molecular complexity index is 954. The van der Waals surface area contributed by atoms with E-state index >= 15 is 0 Å². The normalized spacial score (nSPS) is 20.1. The van der Waals surface area contributed by atoms with Gasteiger partial charge < -0.3 is 0 Å². The summed E-state index contributed by atoms with van der Waals surface area (Å²) in [6, 6.07) is 15.8. The van der Waals surface area contributed by atoms with Crippen LogP contribution < -0.4 is 5.32 Å². The maximum absolute atomic E-state index is 14.1. The van der Waals surface area contributed by atoms with E-state index in [2.05, 4.69) is 64.9 Å². The zero-order valence-corrected chi connectivity index (χ0v) is 22.4. The van der Waals surface area contributed by atoms with Gasteiger partial charge in [0.2, 0.25) is 0 Å². The molecule has 0 aromatic heterocycles. The van der Waals surface area contributed by atoms with Gasteiger partial charge in [0.25, 0.3) is 0 Å². The van der Waals surface area contributed by atoms with Crippen molar-refractivity contribution in [3.8, 4) is 0 Å². The second-order valence-electron chi connectivity index (χ2n) is 9.36. The van der Waals surface area contributed by atoms with Crippen LogP contribution in [0.15, 0.2) is 42.5 Å². The van der Waals surface area contributed by atoms with Crippen LogP contribution in [0.1, 0.15) is 60.4 Å². The SMILES string of the molecule is CNCCI1CCC(c2ccc3c(c2)C(C)=C(c2cccc(CC(C)(F)P)c2)C3)CC1. The molecule has 2 aliphatic rings. The summed E-state index contributed by atoms with van der Waals surface area (Å²) in [4.78, 5) is 0. The van der Waals surface area contributed by atoms with Gasteiger partial charge in [-0.3, -0.25) is 0 Å². The monoisotopic (exact) mass is 551 g/mol. The Morgan fingerprint density at radius 2 is 1.94 bits per heavy atom. The molecule has 2 aromatic carbocycles. The van der Waals surface area contributed by atoms with Gasteiger partial charge in [-0.05, 0) is 6.92 Å². The van der Waals surface area contributed by atoms with Crippen LogP contribution in [0.5, 0.6) is 0 Å². The van der Waals surface area contributed by atoms with E-state index in [1.165, 1.54) is 60.5 Å². The average Bonchev–Trinajstić information content (AvgIpc) is 3.07. The molecule has 2 atom stereocenters. The van der Waals surface area contributed by atoms with Crippen molar-refractivity contribution in [2.75, 3.05) is 26.9 Å². The van der Waals surface area contributed by atoms with Crippen LogP contribution in [0.4, 0.5) is 4.39 Å². The van der Waals surface area contributed by atoms with Crippen molar-refractivity contribution in [3.63, 3.8) is 0 Å². The van der Waals surface area contributed by atoms with Crippen molar-refractivity contribution in [2.45, 2.75) is 50.9 Å². The molecular weight excluding hydrogens is 515 g/mol. The van der Waals surface area contributed by atoms with Gasteiger partial charge in [0, 0.05) is 0 Å². The molecule has 2 unspecified atom stereocenters. The predicted octanol–water partition coefficient (Wildman–Crippen LogP) is 6.88. The molecule has 2 aromatic rings. The zero-order chi connectivity index (χ0) is 22.0. The number of halogens is 2. The van der Waals surface area contributed by atoms with E-state index in [4.69, 9.17) is 0 Å². The minimum absolute atomic E-state index is 0.426. The van der Waals surface area contributed by atoms with Gasteiger partial charge in [-0.2, -0.15) is 0 Å². The molecule has 0 saturated carbocycles. The summed E-state index contributed by atoms with van der Waals surface area (Å²) >= 11 is -0.687. The molecule has 1 saturated heterocycles. The Labute approximate surface area is 197 Å². The Kier molecular flexibility index (Phi) is 7.56. The third-order valence-corrected chi connectivity index (χ3v) is 13.3. The van der Waals surface area contributed by atoms with Gasteiger partial charge in [-0.15, -0.1) is 0 Å². The van der Waals surface area contributed by atoms with E-state index in [1.54, 1.807) is 12.5 Å². The van der Waals surface area contributed by atoms with E-state index in [0.29, 0.717) is 6.42 Å². The van der Waals surface area contributed by atoms with Crippen LogP contribution in [0, 0.1) is 0 Å². The molecule has 1 fully saturated rings. The number of allylic oxidation sites excluding steroid dienone is 2. The minimum atomic E-state index is -1.26. The quantitative estimate of drug-likeness (QED) is 0.225. The third kappa shape index (κ3) is 5.78. The van der Waals surface area contributed by atoms with Gasteiger partial charge in [0.05, 0.1) is 0 Å². The standard InChI is InChI=1S/C27H36FINP/c1-19-25-16-22(21-9-11-29(12-10-21)13-14-30-3)7-8-24(25)17-26(19)23-6-4-5-20(15-23)18-27(2,28)31/h4-8,15-16,21,30H,9-14,17-18,31H2,1-3H3. The molecule has 0 amide bonds. The van der Waals surface area contributed by atoms with E-state index in [9.17, 15) is 4.39 Å². The third-order valence-electron chi connectivity index (χ3n) is 6.72. The first-order chi connectivity index (χ1) is 14.8. The molecule has 1 nitrogen and oxygen atoms in total. The number of nitrogens with one attached hydrogen (secondary N) is 1. The molecule has 0 radical (unpaired) electrons. The first kappa shape index (κ1) is 23.4. The van der Waals surface area contributed by atoms with Crippen molar-refractivity contribution in [1.29, 1.82) is 0 Å². The maximum atomic E-state index is 14.1. The fraction of sp³-hybridized carbons (Fsp3) is 0.481. The summed E-state index contributed by atoms with van der Waals surface area (Å²) in [5.41, 5.74) is 9.56. The van der Waals surface area contributed by atoms with Crippen molar-refractivity contribution in [2.24, 2.45) is 0 Å². The molecule has 1 N–H and O–H groups in total. The van der Waals surface area contributed by atoms with Gasteiger partial charge in [-0.25, -0.2) is 4.39 Å². The molecule has 1 aliphatic heterocycles. The fourth-order valence-corrected chi connectivity index (χ4v) is 11.4. The van der Waals surface area contributed by atoms with E-state index in [-0.39, 0.29) is 0 Å². The summed E-state index contributed by atoms with van der Waals surface area (Å²) in [7, 11) is 4.40. The second-order valence-corrected chi connectivity index (χ2v) is 17.0. The van der Waals surface area contributed by atoms with Crippen molar-refractivity contribution >= 4 is 40.2 Å².